The van der Waals surface area contributed by atoms with Crippen LogP contribution in [-0.4, -0.2) is 62.1 Å². The van der Waals surface area contributed by atoms with Gasteiger partial charge in [0.05, 0.1) is 26.3 Å². The summed E-state index contributed by atoms with van der Waals surface area (Å²) in [5.41, 5.74) is 1.12. The van der Waals surface area contributed by atoms with Crippen LogP contribution in [0.2, 0.25) is 0 Å². The molecule has 1 aliphatic heterocycles. The van der Waals surface area contributed by atoms with E-state index >= 15 is 0 Å². The maximum atomic E-state index is 13.3. The molecule has 30 heavy (non-hydrogen) atoms. The lowest BCUT2D eigenvalue weighted by Crippen LogP contribution is -2.44. The molecule has 1 aromatic carbocycles. The fourth-order valence-corrected chi connectivity index (χ4v) is 4.91. The van der Waals surface area contributed by atoms with E-state index in [4.69, 9.17) is 14.2 Å². The van der Waals surface area contributed by atoms with Crippen LogP contribution in [0.3, 0.4) is 0 Å². The number of aryl methyl sites for hydroxylation is 1. The number of aromatic nitrogens is 2. The summed E-state index contributed by atoms with van der Waals surface area (Å²) in [5, 5.41) is 0. The number of ether oxygens (including phenoxy) is 3. The molecule has 0 spiro atoms. The highest BCUT2D eigenvalue weighted by Gasteiger charge is 2.34. The number of carbonyl (C=O) groups is 1. The van der Waals surface area contributed by atoms with Gasteiger partial charge in [0.25, 0.3) is 0 Å². The van der Waals surface area contributed by atoms with E-state index in [1.54, 1.807) is 12.4 Å². The Morgan fingerprint density at radius 1 is 1.23 bits per heavy atom. The van der Waals surface area contributed by atoms with Crippen LogP contribution in [0, 0.1) is 0 Å². The second-order valence-electron chi connectivity index (χ2n) is 6.83. The van der Waals surface area contributed by atoms with Crippen LogP contribution in [0.25, 0.3) is 0 Å². The molecule has 2 heterocycles. The summed E-state index contributed by atoms with van der Waals surface area (Å²) >= 11 is 0. The van der Waals surface area contributed by atoms with E-state index in [2.05, 4.69) is 9.97 Å². The van der Waals surface area contributed by atoms with E-state index in [1.807, 2.05) is 6.92 Å². The van der Waals surface area contributed by atoms with E-state index < -0.39 is 16.0 Å². The van der Waals surface area contributed by atoms with Crippen molar-refractivity contribution in [1.82, 2.24) is 14.3 Å². The lowest BCUT2D eigenvalue weighted by atomic mass is 10.1. The summed E-state index contributed by atoms with van der Waals surface area (Å²) in [6.07, 6.45) is 5.14. The van der Waals surface area contributed by atoms with Gasteiger partial charge in [0, 0.05) is 18.9 Å². The molecule has 1 saturated heterocycles. The van der Waals surface area contributed by atoms with E-state index in [9.17, 15) is 13.2 Å². The molecule has 2 aromatic rings. The Hall–Kier alpha value is -2.72. The number of nitrogens with zero attached hydrogens (tertiary/aromatic N) is 3. The number of methoxy groups -OCH3 is 2. The first-order valence-electron chi connectivity index (χ1n) is 9.63. The Balaban J connectivity index is 1.82. The van der Waals surface area contributed by atoms with Gasteiger partial charge in [-0.05, 0) is 43.0 Å². The van der Waals surface area contributed by atoms with Gasteiger partial charge in [-0.2, -0.15) is 4.31 Å². The third-order valence-corrected chi connectivity index (χ3v) is 6.79. The Morgan fingerprint density at radius 2 is 1.97 bits per heavy atom. The fourth-order valence-electron chi connectivity index (χ4n) is 3.22. The minimum absolute atomic E-state index is 0.0860. The standard InChI is InChI=1S/C20H25N3O6S/c1-4-14-11-21-20(22-12-14)29-16-6-5-9-23(13-16)30(25,26)18-10-15(19(24)28-3)7-8-17(18)27-2/h7-8,10-12,16H,4-6,9,13H2,1-3H3. The number of piperidine rings is 1. The van der Waals surface area contributed by atoms with Crippen LogP contribution in [-0.2, 0) is 21.2 Å². The minimum Gasteiger partial charge on any atom is -0.495 e. The zero-order chi connectivity index (χ0) is 21.7. The molecule has 1 aliphatic rings. The Kier molecular flexibility index (Phi) is 6.88. The van der Waals surface area contributed by atoms with E-state index in [-0.39, 0.29) is 34.9 Å². The first-order chi connectivity index (χ1) is 14.4. The molecule has 0 N–H and O–H groups in total. The molecule has 0 bridgehead atoms. The lowest BCUT2D eigenvalue weighted by Gasteiger charge is -2.31. The maximum Gasteiger partial charge on any atom is 0.337 e. The lowest BCUT2D eigenvalue weighted by molar-refractivity contribution is 0.0600. The van der Waals surface area contributed by atoms with Gasteiger partial charge in [-0.3, -0.25) is 0 Å². The van der Waals surface area contributed by atoms with E-state index in [1.165, 1.54) is 36.7 Å². The normalized spacial score (nSPS) is 17.4. The monoisotopic (exact) mass is 435 g/mol. The molecule has 162 valence electrons. The zero-order valence-electron chi connectivity index (χ0n) is 17.2. The summed E-state index contributed by atoms with van der Waals surface area (Å²) < 4.78 is 43.7. The van der Waals surface area contributed by atoms with Gasteiger partial charge < -0.3 is 14.2 Å². The second-order valence-corrected chi connectivity index (χ2v) is 8.74. The predicted molar refractivity (Wildman–Crippen MR) is 108 cm³/mol. The fraction of sp³-hybridized carbons (Fsp3) is 0.450. The van der Waals surface area contributed by atoms with Crippen LogP contribution in [0.5, 0.6) is 11.8 Å². The van der Waals surface area contributed by atoms with Crippen molar-refractivity contribution in [2.24, 2.45) is 0 Å². The summed E-state index contributed by atoms with van der Waals surface area (Å²) in [4.78, 5) is 20.1. The Morgan fingerprint density at radius 3 is 2.60 bits per heavy atom. The Labute approximate surface area is 176 Å². The molecule has 1 fully saturated rings. The van der Waals surface area contributed by atoms with Gasteiger partial charge >= 0.3 is 12.0 Å². The number of hydrogen-bond donors (Lipinski definition) is 0. The molecule has 0 amide bonds. The summed E-state index contributed by atoms with van der Waals surface area (Å²) in [5.74, 6) is -0.467. The summed E-state index contributed by atoms with van der Waals surface area (Å²) in [7, 11) is -1.31. The third-order valence-electron chi connectivity index (χ3n) is 4.91. The van der Waals surface area contributed by atoms with Crippen molar-refractivity contribution in [1.29, 1.82) is 0 Å². The highest BCUT2D eigenvalue weighted by molar-refractivity contribution is 7.89. The third kappa shape index (κ3) is 4.71. The zero-order valence-corrected chi connectivity index (χ0v) is 18.0. The smallest absolute Gasteiger partial charge is 0.337 e. The van der Waals surface area contributed by atoms with Crippen molar-refractivity contribution in [2.75, 3.05) is 27.3 Å². The molecule has 0 radical (unpaired) electrons. The maximum absolute atomic E-state index is 13.3. The van der Waals surface area contributed by atoms with Gasteiger partial charge in [0.2, 0.25) is 10.0 Å². The minimum atomic E-state index is -3.93. The van der Waals surface area contributed by atoms with Crippen LogP contribution < -0.4 is 9.47 Å². The van der Waals surface area contributed by atoms with Crippen LogP contribution in [0.4, 0.5) is 0 Å². The molecule has 1 aromatic heterocycles. The van der Waals surface area contributed by atoms with E-state index in [0.29, 0.717) is 19.4 Å². The van der Waals surface area contributed by atoms with E-state index in [0.717, 1.165) is 12.0 Å². The van der Waals surface area contributed by atoms with Crippen LogP contribution >= 0.6 is 0 Å². The number of rotatable bonds is 7. The van der Waals surface area contributed by atoms with Crippen molar-refractivity contribution in [3.8, 4) is 11.8 Å². The number of sulfonamides is 1. The van der Waals surface area contributed by atoms with Crippen LogP contribution in [0.1, 0.15) is 35.7 Å². The number of hydrogen-bond acceptors (Lipinski definition) is 8. The largest absolute Gasteiger partial charge is 0.495 e. The number of carbonyl (C=O) groups excluding carboxylic acids is 1. The molecule has 10 heteroatoms. The van der Waals surface area contributed by atoms with Crippen molar-refractivity contribution < 1.29 is 27.4 Å². The molecule has 1 unspecified atom stereocenters. The SMILES string of the molecule is CCc1cnc(OC2CCCN(S(=O)(=O)c3cc(C(=O)OC)ccc3OC)C2)nc1. The number of benzene rings is 1. The highest BCUT2D eigenvalue weighted by Crippen LogP contribution is 2.30. The van der Waals surface area contributed by atoms with Gasteiger partial charge in [0.15, 0.2) is 0 Å². The second kappa shape index (κ2) is 9.40. The molecule has 0 saturated carbocycles. The van der Waals surface area contributed by atoms with Crippen molar-refractivity contribution >= 4 is 16.0 Å². The first-order valence-corrected chi connectivity index (χ1v) is 11.1. The van der Waals surface area contributed by atoms with Crippen molar-refractivity contribution in [2.45, 2.75) is 37.2 Å². The topological polar surface area (TPSA) is 108 Å². The van der Waals surface area contributed by atoms with Gasteiger partial charge in [-0.15, -0.1) is 0 Å². The summed E-state index contributed by atoms with van der Waals surface area (Å²) in [6.45, 7) is 2.49. The van der Waals surface area contributed by atoms with Crippen molar-refractivity contribution in [3.63, 3.8) is 0 Å². The molecule has 0 aliphatic carbocycles. The quantitative estimate of drug-likeness (QED) is 0.608. The predicted octanol–water partition coefficient (Wildman–Crippen LogP) is 2.07. The molecular formula is C20H25N3O6S. The molecule has 1 atom stereocenters. The molecule has 9 nitrogen and oxygen atoms in total. The highest BCUT2D eigenvalue weighted by atomic mass is 32.2. The summed E-state index contributed by atoms with van der Waals surface area (Å²) in [6, 6.07) is 4.40. The number of esters is 1. The molecular weight excluding hydrogens is 410 g/mol. The van der Waals surface area contributed by atoms with Gasteiger partial charge in [-0.25, -0.2) is 23.2 Å². The average molecular weight is 436 g/mol. The van der Waals surface area contributed by atoms with Crippen LogP contribution in [0.15, 0.2) is 35.5 Å². The van der Waals surface area contributed by atoms with Gasteiger partial charge in [-0.1, -0.05) is 6.92 Å². The average Bonchev–Trinajstić information content (AvgIpc) is 2.78. The van der Waals surface area contributed by atoms with Crippen molar-refractivity contribution in [3.05, 3.63) is 41.7 Å². The van der Waals surface area contributed by atoms with Gasteiger partial charge in [0.1, 0.15) is 16.7 Å². The molecule has 3 rings (SSSR count). The first kappa shape index (κ1) is 22.0. The Bertz CT molecular complexity index is 994.